The molecule has 1 aromatic rings. The number of rotatable bonds is 3. The summed E-state index contributed by atoms with van der Waals surface area (Å²) in [5.41, 5.74) is -0.390. The molecule has 5 aliphatic carbocycles. The zero-order chi connectivity index (χ0) is 29.8. The number of hydrogen-bond acceptors (Lipinski definition) is 6. The third kappa shape index (κ3) is 3.59. The van der Waals surface area contributed by atoms with Crippen LogP contribution in [0.15, 0.2) is 27.7 Å². The molecule has 6 heteroatoms. The summed E-state index contributed by atoms with van der Waals surface area (Å²) < 4.78 is 6.40. The van der Waals surface area contributed by atoms with Gasteiger partial charge in [0.15, 0.2) is 11.6 Å². The van der Waals surface area contributed by atoms with Gasteiger partial charge >= 0.3 is 0 Å². The Bertz CT molecular complexity index is 1420. The number of carbonyl (C=O) groups excluding carboxylic acids is 2. The predicted octanol–water partition coefficient (Wildman–Crippen LogP) is 7.49. The number of Topliss-reactive ketones (excluding diaryl/α,β-unsaturated/α-hetero) is 1. The highest BCUT2D eigenvalue weighted by Crippen LogP contribution is 2.74. The van der Waals surface area contributed by atoms with Gasteiger partial charge in [0.2, 0.25) is 11.8 Å². The van der Waals surface area contributed by atoms with Gasteiger partial charge in [-0.05, 0) is 85.5 Å². The molecule has 3 fully saturated rings. The van der Waals surface area contributed by atoms with E-state index in [4.69, 9.17) is 4.42 Å². The van der Waals surface area contributed by atoms with Crippen LogP contribution in [-0.2, 0) is 21.4 Å². The van der Waals surface area contributed by atoms with Crippen molar-refractivity contribution < 1.29 is 14.0 Å². The minimum absolute atomic E-state index is 0.0542. The number of carbonyl (C=O) groups is 2. The quantitative estimate of drug-likeness (QED) is 0.382. The lowest BCUT2D eigenvalue weighted by molar-refractivity contribution is -0.161. The second-order valence-corrected chi connectivity index (χ2v) is 16.2. The average Bonchev–Trinajstić information content (AvgIpc) is 3.37. The Hall–Kier alpha value is -2.55. The fourth-order valence-corrected chi connectivity index (χ4v) is 10.8. The molecule has 0 aromatic carbocycles. The molecular formula is C35H47N3O3. The summed E-state index contributed by atoms with van der Waals surface area (Å²) in [5.74, 6) is 1.65. The lowest BCUT2D eigenvalue weighted by Crippen LogP contribution is -2.65. The van der Waals surface area contributed by atoms with E-state index >= 15 is 0 Å². The third-order valence-corrected chi connectivity index (χ3v) is 13.2. The molecule has 7 unspecified atom stereocenters. The molecule has 6 rings (SSSR count). The van der Waals surface area contributed by atoms with E-state index in [0.717, 1.165) is 69.3 Å². The average molecular weight is 558 g/mol. The Labute approximate surface area is 245 Å². The van der Waals surface area contributed by atoms with E-state index in [9.17, 15) is 14.9 Å². The number of hydrogen-bond donors (Lipinski definition) is 0. The molecular weight excluding hydrogens is 510 g/mol. The van der Waals surface area contributed by atoms with Crippen LogP contribution in [0.4, 0.5) is 0 Å². The van der Waals surface area contributed by atoms with Crippen LogP contribution in [0.2, 0.25) is 0 Å². The van der Waals surface area contributed by atoms with Crippen LogP contribution in [0.1, 0.15) is 119 Å². The van der Waals surface area contributed by atoms with E-state index in [1.54, 1.807) is 0 Å². The zero-order valence-electron chi connectivity index (χ0n) is 26.3. The molecule has 0 bridgehead atoms. The molecule has 7 atom stereocenters. The number of ketones is 2. The third-order valence-electron chi connectivity index (χ3n) is 13.2. The SMILES string of the molecule is CCCc1nnc(C23CCC(C)(C)CC2C2C(=O)C=C4C5(C)C=C(C#N)C(=O)C(C)(C)C5CCC4(C)C2(C)CC3)o1. The fourth-order valence-electron chi connectivity index (χ4n) is 10.8. The van der Waals surface area contributed by atoms with Gasteiger partial charge in [0.1, 0.15) is 6.07 Å². The van der Waals surface area contributed by atoms with E-state index in [2.05, 4.69) is 57.8 Å². The van der Waals surface area contributed by atoms with E-state index in [1.165, 1.54) is 0 Å². The first-order valence-electron chi connectivity index (χ1n) is 15.9. The molecule has 41 heavy (non-hydrogen) atoms. The summed E-state index contributed by atoms with van der Waals surface area (Å²) in [7, 11) is 0. The maximum atomic E-state index is 14.7. The maximum Gasteiger partial charge on any atom is 0.222 e. The van der Waals surface area contributed by atoms with Crippen molar-refractivity contribution in [3.05, 3.63) is 35.1 Å². The first-order chi connectivity index (χ1) is 19.1. The normalized spacial score (nSPS) is 42.6. The van der Waals surface area contributed by atoms with Crippen molar-refractivity contribution in [3.63, 3.8) is 0 Å². The van der Waals surface area contributed by atoms with E-state index in [-0.39, 0.29) is 56.6 Å². The molecule has 0 spiro atoms. The first-order valence-corrected chi connectivity index (χ1v) is 15.9. The highest BCUT2D eigenvalue weighted by atomic mass is 16.4. The van der Waals surface area contributed by atoms with Gasteiger partial charge in [-0.1, -0.05) is 67.0 Å². The topological polar surface area (TPSA) is 96.9 Å². The largest absolute Gasteiger partial charge is 0.425 e. The highest BCUT2D eigenvalue weighted by Gasteiger charge is 2.70. The van der Waals surface area contributed by atoms with Crippen molar-refractivity contribution in [3.8, 4) is 6.07 Å². The minimum atomic E-state index is -0.652. The van der Waals surface area contributed by atoms with E-state index < -0.39 is 10.8 Å². The number of aryl methyl sites for hydroxylation is 1. The predicted molar refractivity (Wildman–Crippen MR) is 156 cm³/mol. The molecule has 220 valence electrons. The van der Waals surface area contributed by atoms with Crippen molar-refractivity contribution in [1.82, 2.24) is 10.2 Å². The van der Waals surface area contributed by atoms with Crippen LogP contribution in [0.5, 0.6) is 0 Å². The summed E-state index contributed by atoms with van der Waals surface area (Å²) >= 11 is 0. The molecule has 0 aliphatic heterocycles. The first kappa shape index (κ1) is 28.6. The van der Waals surface area contributed by atoms with E-state index in [0.29, 0.717) is 5.89 Å². The Morgan fingerprint density at radius 3 is 2.39 bits per heavy atom. The monoisotopic (exact) mass is 557 g/mol. The second kappa shape index (κ2) is 8.74. The number of fused-ring (bicyclic) bond motifs is 7. The summed E-state index contributed by atoms with van der Waals surface area (Å²) in [6.07, 6.45) is 12.3. The number of allylic oxidation sites excluding steroid dienone is 4. The van der Waals surface area contributed by atoms with Crippen LogP contribution in [0.25, 0.3) is 0 Å². The molecule has 5 aliphatic rings. The van der Waals surface area contributed by atoms with Gasteiger partial charge in [0.05, 0.1) is 11.0 Å². The molecule has 0 radical (unpaired) electrons. The van der Waals surface area contributed by atoms with Crippen LogP contribution in [0.3, 0.4) is 0 Å². The summed E-state index contributed by atoms with van der Waals surface area (Å²) in [5, 5.41) is 19.0. The van der Waals surface area contributed by atoms with Crippen molar-refractivity contribution in [2.45, 2.75) is 119 Å². The second-order valence-electron chi connectivity index (χ2n) is 16.2. The van der Waals surface area contributed by atoms with E-state index in [1.807, 2.05) is 26.0 Å². The fraction of sp³-hybridized carbons (Fsp3) is 0.743. The lowest BCUT2D eigenvalue weighted by atomic mass is 9.34. The van der Waals surface area contributed by atoms with Crippen molar-refractivity contribution in [1.29, 1.82) is 5.26 Å². The Morgan fingerprint density at radius 1 is 1.00 bits per heavy atom. The lowest BCUT2D eigenvalue weighted by Gasteiger charge is -2.68. The van der Waals surface area contributed by atoms with Gasteiger partial charge in [-0.2, -0.15) is 5.26 Å². The Balaban J connectivity index is 1.51. The molecule has 6 nitrogen and oxygen atoms in total. The van der Waals surface area contributed by atoms with Gasteiger partial charge in [0, 0.05) is 23.2 Å². The van der Waals surface area contributed by atoms with Crippen LogP contribution >= 0.6 is 0 Å². The van der Waals surface area contributed by atoms with Gasteiger partial charge in [-0.15, -0.1) is 10.2 Å². The molecule has 0 N–H and O–H groups in total. The molecule has 0 saturated heterocycles. The van der Waals surface area contributed by atoms with Gasteiger partial charge in [0.25, 0.3) is 0 Å². The van der Waals surface area contributed by atoms with Gasteiger partial charge < -0.3 is 4.42 Å². The van der Waals surface area contributed by atoms with Crippen LogP contribution in [-0.4, -0.2) is 21.8 Å². The summed E-state index contributed by atoms with van der Waals surface area (Å²) in [6, 6.07) is 2.21. The smallest absolute Gasteiger partial charge is 0.222 e. The molecule has 1 aromatic heterocycles. The van der Waals surface area contributed by atoms with Crippen molar-refractivity contribution in [2.75, 3.05) is 0 Å². The number of nitriles is 1. The summed E-state index contributed by atoms with van der Waals surface area (Å²) in [6.45, 7) is 17.8. The molecule has 1 heterocycles. The van der Waals surface area contributed by atoms with Gasteiger partial charge in [-0.25, -0.2) is 0 Å². The molecule has 0 amide bonds. The Morgan fingerprint density at radius 2 is 1.71 bits per heavy atom. The summed E-state index contributed by atoms with van der Waals surface area (Å²) in [4.78, 5) is 28.0. The van der Waals surface area contributed by atoms with Crippen LogP contribution in [0, 0.1) is 56.2 Å². The van der Waals surface area contributed by atoms with Crippen LogP contribution < -0.4 is 0 Å². The molecule has 3 saturated carbocycles. The van der Waals surface area contributed by atoms with Crippen molar-refractivity contribution >= 4 is 11.6 Å². The van der Waals surface area contributed by atoms with Gasteiger partial charge in [-0.3, -0.25) is 9.59 Å². The number of nitrogens with zero attached hydrogens (tertiary/aromatic N) is 3. The standard InChI is InChI=1S/C35H47N3O3/c1-9-10-26-37-38-29(41-26)35-15-13-30(2,3)19-22(35)27-23(39)17-25-32(6)18-21(20-36)28(40)31(4,5)24(32)11-12-33(25,7)34(27,8)14-16-35/h17-18,22,24,27H,9-16,19H2,1-8H3. The minimum Gasteiger partial charge on any atom is -0.425 e. The Kier molecular flexibility index (Phi) is 6.09. The maximum absolute atomic E-state index is 14.7. The van der Waals surface area contributed by atoms with Crippen molar-refractivity contribution in [2.24, 2.45) is 44.8 Å². The highest BCUT2D eigenvalue weighted by molar-refractivity contribution is 6.04. The zero-order valence-corrected chi connectivity index (χ0v) is 26.3. The number of aromatic nitrogens is 2.